The van der Waals surface area contributed by atoms with Crippen molar-refractivity contribution in [3.8, 4) is 0 Å². The monoisotopic (exact) mass is 376 g/mol. The third-order valence-electron chi connectivity index (χ3n) is 3.94. The second kappa shape index (κ2) is 6.19. The summed E-state index contributed by atoms with van der Waals surface area (Å²) in [7, 11) is 0. The summed E-state index contributed by atoms with van der Waals surface area (Å²) in [6.07, 6.45) is 2.63. The zero-order valence-electron chi connectivity index (χ0n) is 13.1. The van der Waals surface area contributed by atoms with Crippen LogP contribution in [0.4, 0.5) is 13.2 Å². The SMILES string of the molecule is OC(Cn1cncn1)(c1nc2ccc(F)cc2s1)c1ccc(F)cc1F. The maximum atomic E-state index is 14.5. The summed E-state index contributed by atoms with van der Waals surface area (Å²) in [5.74, 6) is -2.13. The molecular formula is C17H11F3N4OS. The van der Waals surface area contributed by atoms with Crippen molar-refractivity contribution in [2.45, 2.75) is 12.1 Å². The zero-order valence-corrected chi connectivity index (χ0v) is 13.9. The number of rotatable bonds is 4. The van der Waals surface area contributed by atoms with E-state index in [2.05, 4.69) is 15.1 Å². The van der Waals surface area contributed by atoms with Crippen molar-refractivity contribution in [2.75, 3.05) is 0 Å². The number of thiazole rings is 1. The second-order valence-corrected chi connectivity index (χ2v) is 6.74. The normalized spacial score (nSPS) is 13.8. The van der Waals surface area contributed by atoms with Crippen molar-refractivity contribution in [2.24, 2.45) is 0 Å². The van der Waals surface area contributed by atoms with Crippen molar-refractivity contribution in [3.63, 3.8) is 0 Å². The Kier molecular flexibility index (Phi) is 3.97. The highest BCUT2D eigenvalue weighted by Crippen LogP contribution is 2.38. The van der Waals surface area contributed by atoms with E-state index >= 15 is 0 Å². The van der Waals surface area contributed by atoms with Gasteiger partial charge in [-0.3, -0.25) is 0 Å². The standard InChI is InChI=1S/C17H11F3N4OS/c18-10-1-3-12(13(20)5-10)17(25,7-24-9-21-8-22-24)16-23-14-4-2-11(19)6-15(14)26-16/h1-6,8-9,25H,7H2. The molecule has 1 atom stereocenters. The van der Waals surface area contributed by atoms with E-state index in [-0.39, 0.29) is 17.1 Å². The van der Waals surface area contributed by atoms with Crippen LogP contribution in [0.5, 0.6) is 0 Å². The maximum Gasteiger partial charge on any atom is 0.163 e. The molecule has 0 bridgehead atoms. The Morgan fingerprint density at radius 2 is 1.85 bits per heavy atom. The number of hydrogen-bond acceptors (Lipinski definition) is 5. The molecule has 5 nitrogen and oxygen atoms in total. The molecule has 1 N–H and O–H groups in total. The van der Waals surface area contributed by atoms with Crippen LogP contribution in [0.3, 0.4) is 0 Å². The van der Waals surface area contributed by atoms with Gasteiger partial charge in [-0.25, -0.2) is 27.8 Å². The molecule has 9 heteroatoms. The van der Waals surface area contributed by atoms with Gasteiger partial charge in [0.1, 0.15) is 35.1 Å². The van der Waals surface area contributed by atoms with Gasteiger partial charge in [0, 0.05) is 11.6 Å². The predicted molar refractivity (Wildman–Crippen MR) is 89.0 cm³/mol. The molecule has 26 heavy (non-hydrogen) atoms. The van der Waals surface area contributed by atoms with Crippen LogP contribution in [0.15, 0.2) is 49.1 Å². The molecule has 0 aliphatic heterocycles. The summed E-state index contributed by atoms with van der Waals surface area (Å²) in [5.41, 5.74) is -1.63. The number of halogens is 3. The summed E-state index contributed by atoms with van der Waals surface area (Å²) in [5, 5.41) is 15.4. The molecule has 0 fully saturated rings. The lowest BCUT2D eigenvalue weighted by molar-refractivity contribution is 0.0534. The van der Waals surface area contributed by atoms with E-state index < -0.39 is 23.1 Å². The van der Waals surface area contributed by atoms with Crippen molar-refractivity contribution in [1.29, 1.82) is 0 Å². The van der Waals surface area contributed by atoms with Crippen LogP contribution in [0.25, 0.3) is 10.2 Å². The lowest BCUT2D eigenvalue weighted by Gasteiger charge is -2.26. The van der Waals surface area contributed by atoms with Gasteiger partial charge in [0.15, 0.2) is 5.60 Å². The first kappa shape index (κ1) is 16.7. The van der Waals surface area contributed by atoms with Crippen LogP contribution in [-0.2, 0) is 12.1 Å². The van der Waals surface area contributed by atoms with Gasteiger partial charge in [-0.1, -0.05) is 0 Å². The van der Waals surface area contributed by atoms with Gasteiger partial charge in [-0.15, -0.1) is 11.3 Å². The minimum Gasteiger partial charge on any atom is -0.376 e. The summed E-state index contributed by atoms with van der Waals surface area (Å²) in [6.45, 7) is -0.197. The minimum atomic E-state index is -1.94. The Labute approximate surface area is 149 Å². The van der Waals surface area contributed by atoms with Crippen LogP contribution in [-0.4, -0.2) is 24.9 Å². The van der Waals surface area contributed by atoms with E-state index in [1.54, 1.807) is 0 Å². The van der Waals surface area contributed by atoms with Gasteiger partial charge in [0.25, 0.3) is 0 Å². The number of nitrogens with zero attached hydrogens (tertiary/aromatic N) is 4. The molecule has 4 aromatic rings. The summed E-state index contributed by atoms with van der Waals surface area (Å²) in [4.78, 5) is 8.13. The summed E-state index contributed by atoms with van der Waals surface area (Å²) in [6, 6.07) is 6.91. The second-order valence-electron chi connectivity index (χ2n) is 5.71. The largest absolute Gasteiger partial charge is 0.376 e. The zero-order chi connectivity index (χ0) is 18.3. The Bertz CT molecular complexity index is 1080. The molecule has 0 amide bonds. The molecule has 0 spiro atoms. The fourth-order valence-corrected chi connectivity index (χ4v) is 3.80. The van der Waals surface area contributed by atoms with Gasteiger partial charge < -0.3 is 5.11 Å². The van der Waals surface area contributed by atoms with Crippen molar-refractivity contribution in [3.05, 3.63) is 77.1 Å². The maximum absolute atomic E-state index is 14.5. The highest BCUT2D eigenvalue weighted by Gasteiger charge is 2.38. The Hall–Kier alpha value is -2.78. The van der Waals surface area contributed by atoms with Gasteiger partial charge in [0.2, 0.25) is 0 Å². The van der Waals surface area contributed by atoms with E-state index in [9.17, 15) is 18.3 Å². The van der Waals surface area contributed by atoms with Crippen LogP contribution in [0.2, 0.25) is 0 Å². The van der Waals surface area contributed by atoms with E-state index in [0.29, 0.717) is 16.3 Å². The molecule has 0 aliphatic carbocycles. The van der Waals surface area contributed by atoms with Gasteiger partial charge >= 0.3 is 0 Å². The molecule has 1 unspecified atom stereocenters. The van der Waals surface area contributed by atoms with E-state index in [0.717, 1.165) is 23.5 Å². The number of aromatic nitrogens is 4. The smallest absolute Gasteiger partial charge is 0.163 e. The Balaban J connectivity index is 1.91. The highest BCUT2D eigenvalue weighted by molar-refractivity contribution is 7.18. The van der Waals surface area contributed by atoms with Crippen molar-refractivity contribution >= 4 is 21.6 Å². The Morgan fingerprint density at radius 1 is 1.08 bits per heavy atom. The van der Waals surface area contributed by atoms with Crippen LogP contribution in [0.1, 0.15) is 10.6 Å². The molecule has 0 saturated carbocycles. The van der Waals surface area contributed by atoms with Gasteiger partial charge in [-0.05, 0) is 30.3 Å². The average molecular weight is 376 g/mol. The Morgan fingerprint density at radius 3 is 2.58 bits per heavy atom. The number of benzene rings is 2. The number of aliphatic hydroxyl groups is 1. The quantitative estimate of drug-likeness (QED) is 0.594. The molecule has 4 rings (SSSR count). The fraction of sp³-hybridized carbons (Fsp3) is 0.118. The molecular weight excluding hydrogens is 365 g/mol. The molecule has 2 aromatic heterocycles. The first-order chi connectivity index (χ1) is 12.5. The molecule has 2 aromatic carbocycles. The van der Waals surface area contributed by atoms with Gasteiger partial charge in [-0.2, -0.15) is 5.10 Å². The first-order valence-corrected chi connectivity index (χ1v) is 8.34. The van der Waals surface area contributed by atoms with E-state index in [4.69, 9.17) is 0 Å². The van der Waals surface area contributed by atoms with Gasteiger partial charge in [0.05, 0.1) is 16.8 Å². The summed E-state index contributed by atoms with van der Waals surface area (Å²) >= 11 is 1.02. The molecule has 0 aliphatic rings. The molecule has 2 heterocycles. The van der Waals surface area contributed by atoms with Crippen LogP contribution >= 0.6 is 11.3 Å². The average Bonchev–Trinajstić information content (AvgIpc) is 3.23. The van der Waals surface area contributed by atoms with Crippen molar-refractivity contribution in [1.82, 2.24) is 19.7 Å². The fourth-order valence-electron chi connectivity index (χ4n) is 2.72. The third kappa shape index (κ3) is 2.85. The molecule has 0 saturated heterocycles. The third-order valence-corrected chi connectivity index (χ3v) is 5.11. The highest BCUT2D eigenvalue weighted by atomic mass is 32.1. The number of hydrogen-bond donors (Lipinski definition) is 1. The minimum absolute atomic E-state index is 0.138. The van der Waals surface area contributed by atoms with Crippen molar-refractivity contribution < 1.29 is 18.3 Å². The van der Waals surface area contributed by atoms with E-state index in [1.165, 1.54) is 35.5 Å². The lowest BCUT2D eigenvalue weighted by Crippen LogP contribution is -2.34. The lowest BCUT2D eigenvalue weighted by atomic mass is 9.93. The molecule has 132 valence electrons. The predicted octanol–water partition coefficient (Wildman–Crippen LogP) is 3.24. The topological polar surface area (TPSA) is 63.8 Å². The van der Waals surface area contributed by atoms with E-state index in [1.807, 2.05) is 0 Å². The van der Waals surface area contributed by atoms with Crippen LogP contribution in [0, 0.1) is 17.5 Å². The first-order valence-electron chi connectivity index (χ1n) is 7.52. The molecule has 0 radical (unpaired) electrons. The van der Waals surface area contributed by atoms with Crippen LogP contribution < -0.4 is 0 Å². The summed E-state index contributed by atoms with van der Waals surface area (Å²) < 4.78 is 43.1. The number of fused-ring (bicyclic) bond motifs is 1.